The van der Waals surface area contributed by atoms with Crippen LogP contribution in [0.25, 0.3) is 0 Å². The van der Waals surface area contributed by atoms with Crippen LogP contribution in [0.5, 0.6) is 0 Å². The largest absolute Gasteiger partial charge is 0.325 e. The maximum absolute atomic E-state index is 13.6. The zero-order valence-electron chi connectivity index (χ0n) is 9.74. The van der Waals surface area contributed by atoms with Gasteiger partial charge in [-0.2, -0.15) is 0 Å². The maximum Gasteiger partial charge on any atom is 0.127 e. The molecule has 0 spiro atoms. The van der Waals surface area contributed by atoms with E-state index in [2.05, 4.69) is 15.9 Å². The zero-order chi connectivity index (χ0) is 11.9. The molecule has 1 aromatic rings. The van der Waals surface area contributed by atoms with Gasteiger partial charge in [-0.05, 0) is 62.3 Å². The molecule has 0 heterocycles. The molecule has 0 amide bonds. The third-order valence-electron chi connectivity index (χ3n) is 3.58. The predicted octanol–water partition coefficient (Wildman–Crippen LogP) is 3.63. The van der Waals surface area contributed by atoms with E-state index in [1.165, 1.54) is 0 Å². The Hall–Kier alpha value is -0.410. The first-order chi connectivity index (χ1) is 7.43. The Balaban J connectivity index is 2.20. The van der Waals surface area contributed by atoms with Crippen LogP contribution in [0.15, 0.2) is 10.5 Å². The minimum absolute atomic E-state index is 0.0419. The quantitative estimate of drug-likeness (QED) is 0.902. The highest BCUT2D eigenvalue weighted by Gasteiger charge is 2.37. The van der Waals surface area contributed by atoms with E-state index in [1.807, 2.05) is 6.92 Å². The average Bonchev–Trinajstić information content (AvgIpc) is 2.98. The van der Waals surface area contributed by atoms with Gasteiger partial charge in [0.25, 0.3) is 0 Å². The van der Waals surface area contributed by atoms with Crippen molar-refractivity contribution in [2.24, 2.45) is 5.73 Å². The number of halogens is 2. The van der Waals surface area contributed by atoms with Crippen molar-refractivity contribution in [3.63, 3.8) is 0 Å². The third-order valence-corrected chi connectivity index (χ3v) is 4.77. The van der Waals surface area contributed by atoms with Crippen LogP contribution in [0.1, 0.15) is 36.0 Å². The Morgan fingerprint density at radius 3 is 2.56 bits per heavy atom. The summed E-state index contributed by atoms with van der Waals surface area (Å²) >= 11 is 3.45. The minimum atomic E-state index is -0.130. The molecule has 1 aliphatic carbocycles. The van der Waals surface area contributed by atoms with Crippen molar-refractivity contribution in [3.8, 4) is 0 Å². The molecule has 1 nitrogen and oxygen atoms in total. The average molecular weight is 286 g/mol. The molecule has 0 saturated heterocycles. The van der Waals surface area contributed by atoms with Gasteiger partial charge in [-0.1, -0.05) is 15.9 Å². The molecule has 1 aliphatic rings. The standard InChI is InChI=1S/C13H17BrFN/c1-8-10(3-4-13(16)5-6-13)7-11(15)9(2)12(8)14/h7H,3-6,16H2,1-2H3. The van der Waals surface area contributed by atoms with Crippen LogP contribution in [0.3, 0.4) is 0 Å². The summed E-state index contributed by atoms with van der Waals surface area (Å²) in [6, 6.07) is 1.65. The van der Waals surface area contributed by atoms with Crippen molar-refractivity contribution in [1.82, 2.24) is 0 Å². The van der Waals surface area contributed by atoms with Crippen molar-refractivity contribution in [1.29, 1.82) is 0 Å². The molecule has 2 N–H and O–H groups in total. The second-order valence-corrected chi connectivity index (χ2v) is 5.74. The number of benzene rings is 1. The number of aryl methyl sites for hydroxylation is 1. The van der Waals surface area contributed by atoms with Crippen LogP contribution in [0.4, 0.5) is 4.39 Å². The molecule has 1 saturated carbocycles. The number of hydrogen-bond donors (Lipinski definition) is 1. The molecule has 0 aromatic heterocycles. The van der Waals surface area contributed by atoms with Crippen LogP contribution in [-0.2, 0) is 6.42 Å². The van der Waals surface area contributed by atoms with Crippen molar-refractivity contribution in [2.45, 2.75) is 45.1 Å². The molecule has 0 atom stereocenters. The Kier molecular flexibility index (Phi) is 3.10. The van der Waals surface area contributed by atoms with E-state index in [1.54, 1.807) is 13.0 Å². The lowest BCUT2D eigenvalue weighted by molar-refractivity contribution is 0.593. The van der Waals surface area contributed by atoms with Gasteiger partial charge in [-0.3, -0.25) is 0 Å². The lowest BCUT2D eigenvalue weighted by Crippen LogP contribution is -2.22. The number of nitrogens with two attached hydrogens (primary N) is 1. The second kappa shape index (κ2) is 4.11. The van der Waals surface area contributed by atoms with Crippen LogP contribution in [0, 0.1) is 19.7 Å². The van der Waals surface area contributed by atoms with Crippen molar-refractivity contribution in [2.75, 3.05) is 0 Å². The summed E-state index contributed by atoms with van der Waals surface area (Å²) in [5, 5.41) is 0. The van der Waals surface area contributed by atoms with Gasteiger partial charge in [0.05, 0.1) is 0 Å². The molecular weight excluding hydrogens is 269 g/mol. The third kappa shape index (κ3) is 2.30. The van der Waals surface area contributed by atoms with E-state index in [4.69, 9.17) is 5.73 Å². The van der Waals surface area contributed by atoms with Gasteiger partial charge >= 0.3 is 0 Å². The van der Waals surface area contributed by atoms with E-state index < -0.39 is 0 Å². The van der Waals surface area contributed by atoms with Crippen LogP contribution < -0.4 is 5.73 Å². The highest BCUT2D eigenvalue weighted by atomic mass is 79.9. The Morgan fingerprint density at radius 1 is 1.38 bits per heavy atom. The lowest BCUT2D eigenvalue weighted by atomic mass is 9.98. The summed E-state index contributed by atoms with van der Waals surface area (Å²) < 4.78 is 14.5. The fourth-order valence-electron chi connectivity index (χ4n) is 1.95. The van der Waals surface area contributed by atoms with Gasteiger partial charge in [-0.15, -0.1) is 0 Å². The zero-order valence-corrected chi connectivity index (χ0v) is 11.3. The Bertz CT molecular complexity index is 424. The van der Waals surface area contributed by atoms with Crippen molar-refractivity contribution in [3.05, 3.63) is 33.0 Å². The van der Waals surface area contributed by atoms with Gasteiger partial charge in [0.1, 0.15) is 5.82 Å². The van der Waals surface area contributed by atoms with E-state index in [9.17, 15) is 4.39 Å². The Labute approximate surface area is 104 Å². The molecule has 3 heteroatoms. The highest BCUT2D eigenvalue weighted by Crippen LogP contribution is 2.37. The van der Waals surface area contributed by atoms with E-state index in [0.717, 1.165) is 41.3 Å². The fourth-order valence-corrected chi connectivity index (χ4v) is 2.39. The summed E-state index contributed by atoms with van der Waals surface area (Å²) in [4.78, 5) is 0. The molecule has 0 bridgehead atoms. The first kappa shape index (κ1) is 12.1. The lowest BCUT2D eigenvalue weighted by Gasteiger charge is -2.13. The SMILES string of the molecule is Cc1c(F)cc(CCC2(N)CC2)c(C)c1Br. The fraction of sp³-hybridized carbons (Fsp3) is 0.538. The molecule has 0 radical (unpaired) electrons. The topological polar surface area (TPSA) is 26.0 Å². The van der Waals surface area contributed by atoms with Crippen LogP contribution >= 0.6 is 15.9 Å². The van der Waals surface area contributed by atoms with Crippen LogP contribution in [-0.4, -0.2) is 5.54 Å². The summed E-state index contributed by atoms with van der Waals surface area (Å²) in [6.45, 7) is 3.82. The summed E-state index contributed by atoms with van der Waals surface area (Å²) in [6.07, 6.45) is 4.06. The summed E-state index contributed by atoms with van der Waals surface area (Å²) in [5.41, 5.74) is 8.99. The van der Waals surface area contributed by atoms with Crippen LogP contribution in [0.2, 0.25) is 0 Å². The summed E-state index contributed by atoms with van der Waals surface area (Å²) in [7, 11) is 0. The van der Waals surface area contributed by atoms with Gasteiger partial charge in [0, 0.05) is 10.0 Å². The van der Waals surface area contributed by atoms with Gasteiger partial charge < -0.3 is 5.73 Å². The second-order valence-electron chi connectivity index (χ2n) is 4.94. The van der Waals surface area contributed by atoms with Gasteiger partial charge in [-0.25, -0.2) is 4.39 Å². The monoisotopic (exact) mass is 285 g/mol. The predicted molar refractivity (Wildman–Crippen MR) is 68.0 cm³/mol. The van der Waals surface area contributed by atoms with E-state index in [-0.39, 0.29) is 11.4 Å². The molecule has 0 aliphatic heterocycles. The molecular formula is C13H17BrFN. The van der Waals surface area contributed by atoms with Gasteiger partial charge in [0.2, 0.25) is 0 Å². The number of hydrogen-bond acceptors (Lipinski definition) is 1. The van der Waals surface area contributed by atoms with Crippen molar-refractivity contribution >= 4 is 15.9 Å². The van der Waals surface area contributed by atoms with E-state index in [0.29, 0.717) is 5.56 Å². The first-order valence-electron chi connectivity index (χ1n) is 5.66. The Morgan fingerprint density at radius 2 is 2.00 bits per heavy atom. The molecule has 0 unspecified atom stereocenters. The first-order valence-corrected chi connectivity index (χ1v) is 6.45. The molecule has 2 rings (SSSR count). The molecule has 1 aromatic carbocycles. The van der Waals surface area contributed by atoms with E-state index >= 15 is 0 Å². The highest BCUT2D eigenvalue weighted by molar-refractivity contribution is 9.10. The van der Waals surface area contributed by atoms with Gasteiger partial charge in [0.15, 0.2) is 0 Å². The molecule has 1 fully saturated rings. The normalized spacial score (nSPS) is 17.6. The molecule has 88 valence electrons. The smallest absolute Gasteiger partial charge is 0.127 e. The molecule has 16 heavy (non-hydrogen) atoms. The maximum atomic E-state index is 13.6. The minimum Gasteiger partial charge on any atom is -0.325 e. The summed E-state index contributed by atoms with van der Waals surface area (Å²) in [5.74, 6) is -0.130. The number of rotatable bonds is 3. The van der Waals surface area contributed by atoms with Crippen molar-refractivity contribution < 1.29 is 4.39 Å².